The zero-order valence-electron chi connectivity index (χ0n) is 19.9. The van der Waals surface area contributed by atoms with Gasteiger partial charge in [-0.15, -0.1) is 0 Å². The molecule has 198 valence electrons. The molecule has 4 N–H and O–H groups in total. The van der Waals surface area contributed by atoms with E-state index >= 15 is 0 Å². The monoisotopic (exact) mass is 558 g/mol. The Kier molecular flexibility index (Phi) is 8.65. The van der Waals surface area contributed by atoms with Gasteiger partial charge in [0.15, 0.2) is 0 Å². The molecule has 0 saturated heterocycles. The first-order valence-electron chi connectivity index (χ1n) is 11.6. The first kappa shape index (κ1) is 27.6. The van der Waals surface area contributed by atoms with Crippen molar-refractivity contribution in [1.29, 1.82) is 0 Å². The number of carboxylic acid groups (broad SMARTS) is 1. The number of fused-ring (bicyclic) bond motifs is 1. The molecule has 1 aliphatic heterocycles. The predicted octanol–water partition coefficient (Wildman–Crippen LogP) is 3.57. The minimum Gasteiger partial charge on any atom is -0.478 e. The fraction of sp³-hybridized carbons (Fsp3) is 0.222. The minimum atomic E-state index is -1.09. The Labute approximate surface area is 228 Å². The molecule has 3 aromatic rings. The van der Waals surface area contributed by atoms with Crippen LogP contribution in [-0.4, -0.2) is 57.3 Å². The molecule has 3 aromatic carbocycles. The number of hydrogen-bond donors (Lipinski definition) is 4. The lowest BCUT2D eigenvalue weighted by Gasteiger charge is -2.45. The van der Waals surface area contributed by atoms with Gasteiger partial charge in [0.25, 0.3) is 11.8 Å². The second kappa shape index (κ2) is 11.9. The van der Waals surface area contributed by atoms with Gasteiger partial charge in [-0.1, -0.05) is 59.6 Å². The van der Waals surface area contributed by atoms with Crippen LogP contribution in [0.15, 0.2) is 66.7 Å². The summed E-state index contributed by atoms with van der Waals surface area (Å²) >= 11 is 12.6. The third kappa shape index (κ3) is 5.52. The molecule has 0 unspecified atom stereocenters. The molecule has 0 bridgehead atoms. The number of aromatic carboxylic acids is 1. The lowest BCUT2D eigenvalue weighted by Crippen LogP contribution is -2.53. The predicted molar refractivity (Wildman–Crippen MR) is 139 cm³/mol. The Balaban J connectivity index is 1.73. The fourth-order valence-electron chi connectivity index (χ4n) is 4.59. The van der Waals surface area contributed by atoms with Crippen molar-refractivity contribution in [2.45, 2.75) is 24.6 Å². The van der Waals surface area contributed by atoms with Crippen molar-refractivity contribution in [3.8, 4) is 0 Å². The lowest BCUT2D eigenvalue weighted by molar-refractivity contribution is -0.138. The Bertz CT molecular complexity index is 1360. The molecule has 0 radical (unpaired) electrons. The van der Waals surface area contributed by atoms with Gasteiger partial charge in [-0.25, -0.2) is 10.3 Å². The van der Waals surface area contributed by atoms with Gasteiger partial charge in [-0.3, -0.25) is 14.4 Å². The van der Waals surface area contributed by atoms with Crippen molar-refractivity contribution < 1.29 is 34.5 Å². The molecule has 0 saturated carbocycles. The van der Waals surface area contributed by atoms with Crippen LogP contribution < -0.4 is 5.48 Å². The van der Waals surface area contributed by atoms with Crippen molar-refractivity contribution in [2.75, 3.05) is 13.2 Å². The summed E-state index contributed by atoms with van der Waals surface area (Å²) in [5.41, 5.74) is 4.03. The molecule has 38 heavy (non-hydrogen) atoms. The molecular weight excluding hydrogens is 535 g/mol. The smallest absolute Gasteiger partial charge is 0.335 e. The molecule has 0 spiro atoms. The van der Waals surface area contributed by atoms with Crippen LogP contribution in [0.3, 0.4) is 0 Å². The van der Waals surface area contributed by atoms with Crippen LogP contribution >= 0.6 is 23.2 Å². The number of nitrogens with one attached hydrogen (secondary N) is 1. The highest BCUT2D eigenvalue weighted by molar-refractivity contribution is 6.35. The molecule has 9 nitrogen and oxygen atoms in total. The molecule has 1 aliphatic rings. The average Bonchev–Trinajstić information content (AvgIpc) is 2.90. The number of hydroxylamine groups is 1. The maximum absolute atomic E-state index is 13.7. The third-order valence-corrected chi connectivity index (χ3v) is 6.90. The van der Waals surface area contributed by atoms with E-state index in [1.807, 2.05) is 0 Å². The number of carboxylic acids is 1. The topological polar surface area (TPSA) is 136 Å². The standard InChI is InChI=1S/C27H24Cl2N2O7/c28-17-8-9-21(22(29)11-17)24-23(25(34)30-38-14-15-4-3-5-16(10-15)27(36)37)19-6-1-2-7-20(19)26(35)31(24)18(12-32)13-33/h1-11,18,23-24,32-33H,12-14H2,(H,30,34)(H,36,37)/t23-,24+/m1/s1. The van der Waals surface area contributed by atoms with Crippen LogP contribution in [0.4, 0.5) is 0 Å². The van der Waals surface area contributed by atoms with Gasteiger partial charge in [-0.05, 0) is 47.0 Å². The van der Waals surface area contributed by atoms with Gasteiger partial charge in [-0.2, -0.15) is 0 Å². The van der Waals surface area contributed by atoms with Crippen molar-refractivity contribution in [2.24, 2.45) is 0 Å². The summed E-state index contributed by atoms with van der Waals surface area (Å²) in [5, 5.41) is 29.7. The van der Waals surface area contributed by atoms with E-state index < -0.39 is 49.0 Å². The number of carbonyl (C=O) groups is 3. The van der Waals surface area contributed by atoms with Crippen LogP contribution in [0.5, 0.6) is 0 Å². The quantitative estimate of drug-likeness (QED) is 0.294. The van der Waals surface area contributed by atoms with E-state index in [-0.39, 0.29) is 22.8 Å². The highest BCUT2D eigenvalue weighted by Gasteiger charge is 2.47. The summed E-state index contributed by atoms with van der Waals surface area (Å²) in [7, 11) is 0. The van der Waals surface area contributed by atoms with Crippen molar-refractivity contribution in [3.63, 3.8) is 0 Å². The minimum absolute atomic E-state index is 0.0734. The van der Waals surface area contributed by atoms with Gasteiger partial charge < -0.3 is 20.2 Å². The molecule has 0 aliphatic carbocycles. The SMILES string of the molecule is O=C(O)c1cccc(CONC(=O)[C@@H]2c3ccccc3C(=O)N(C(CO)CO)[C@H]2c2ccc(Cl)cc2Cl)c1. The van der Waals surface area contributed by atoms with E-state index in [1.165, 1.54) is 23.1 Å². The van der Waals surface area contributed by atoms with Crippen LogP contribution in [0.1, 0.15) is 49.4 Å². The van der Waals surface area contributed by atoms with Crippen molar-refractivity contribution in [1.82, 2.24) is 10.4 Å². The van der Waals surface area contributed by atoms with Gasteiger partial charge >= 0.3 is 5.97 Å². The van der Waals surface area contributed by atoms with Gasteiger partial charge in [0, 0.05) is 15.6 Å². The number of halogens is 2. The molecule has 1 heterocycles. The lowest BCUT2D eigenvalue weighted by atomic mass is 9.78. The normalized spacial score (nSPS) is 16.9. The number of amides is 2. The van der Waals surface area contributed by atoms with E-state index in [0.29, 0.717) is 21.7 Å². The summed E-state index contributed by atoms with van der Waals surface area (Å²) < 4.78 is 0. The second-order valence-electron chi connectivity index (χ2n) is 8.67. The number of rotatable bonds is 9. The molecule has 0 fully saturated rings. The summed E-state index contributed by atoms with van der Waals surface area (Å²) in [6, 6.07) is 15.2. The van der Waals surface area contributed by atoms with E-state index in [2.05, 4.69) is 5.48 Å². The highest BCUT2D eigenvalue weighted by Crippen LogP contribution is 2.46. The molecule has 4 rings (SSSR count). The van der Waals surface area contributed by atoms with E-state index in [1.54, 1.807) is 48.5 Å². The Hall–Kier alpha value is -3.47. The first-order chi connectivity index (χ1) is 18.3. The van der Waals surface area contributed by atoms with Crippen LogP contribution in [-0.2, 0) is 16.2 Å². The molecular formula is C27H24Cl2N2O7. The molecule has 2 atom stereocenters. The zero-order valence-corrected chi connectivity index (χ0v) is 21.4. The Morgan fingerprint density at radius 1 is 0.974 bits per heavy atom. The Morgan fingerprint density at radius 3 is 2.39 bits per heavy atom. The van der Waals surface area contributed by atoms with Crippen molar-refractivity contribution in [3.05, 3.63) is 105 Å². The first-order valence-corrected chi connectivity index (χ1v) is 12.3. The van der Waals surface area contributed by atoms with Gasteiger partial charge in [0.1, 0.15) is 0 Å². The molecule has 2 amide bonds. The number of nitrogens with zero attached hydrogens (tertiary/aromatic N) is 1. The highest BCUT2D eigenvalue weighted by atomic mass is 35.5. The number of aliphatic hydroxyl groups is 2. The summed E-state index contributed by atoms with van der Waals surface area (Å²) in [6.45, 7) is -1.24. The second-order valence-corrected chi connectivity index (χ2v) is 9.51. The van der Waals surface area contributed by atoms with Crippen LogP contribution in [0.25, 0.3) is 0 Å². The third-order valence-electron chi connectivity index (χ3n) is 6.34. The summed E-state index contributed by atoms with van der Waals surface area (Å²) in [5.74, 6) is -3.24. The number of hydrogen-bond acceptors (Lipinski definition) is 6. The summed E-state index contributed by atoms with van der Waals surface area (Å²) in [4.78, 5) is 45.2. The van der Waals surface area contributed by atoms with Crippen LogP contribution in [0, 0.1) is 0 Å². The zero-order chi connectivity index (χ0) is 27.4. The van der Waals surface area contributed by atoms with Crippen molar-refractivity contribution >= 4 is 41.0 Å². The Morgan fingerprint density at radius 2 is 1.71 bits per heavy atom. The van der Waals surface area contributed by atoms with E-state index in [9.17, 15) is 29.7 Å². The van der Waals surface area contributed by atoms with Crippen LogP contribution in [0.2, 0.25) is 10.0 Å². The number of benzene rings is 3. The average molecular weight is 559 g/mol. The van der Waals surface area contributed by atoms with Gasteiger partial charge in [0.05, 0.1) is 43.4 Å². The maximum Gasteiger partial charge on any atom is 0.335 e. The van der Waals surface area contributed by atoms with E-state index in [4.69, 9.17) is 28.0 Å². The number of aliphatic hydroxyl groups excluding tert-OH is 2. The van der Waals surface area contributed by atoms with E-state index in [0.717, 1.165) is 0 Å². The largest absolute Gasteiger partial charge is 0.478 e. The fourth-order valence-corrected chi connectivity index (χ4v) is 5.11. The molecule has 11 heteroatoms. The molecule has 0 aromatic heterocycles. The maximum atomic E-state index is 13.7. The summed E-state index contributed by atoms with van der Waals surface area (Å²) in [6.07, 6.45) is 0. The van der Waals surface area contributed by atoms with Gasteiger partial charge in [0.2, 0.25) is 0 Å². The number of carbonyl (C=O) groups excluding carboxylic acids is 2.